The van der Waals surface area contributed by atoms with Gasteiger partial charge in [0.05, 0.1) is 14.2 Å². The lowest BCUT2D eigenvalue weighted by atomic mass is 10.0. The van der Waals surface area contributed by atoms with Crippen molar-refractivity contribution in [3.05, 3.63) is 89.8 Å². The molecule has 0 saturated heterocycles. The van der Waals surface area contributed by atoms with Gasteiger partial charge in [-0.25, -0.2) is 0 Å². The number of hydrogen-bond donors (Lipinski definition) is 1. The molecule has 33 heavy (non-hydrogen) atoms. The second-order valence-electron chi connectivity index (χ2n) is 7.45. The first-order chi connectivity index (χ1) is 16.2. The molecule has 0 saturated carbocycles. The van der Waals surface area contributed by atoms with E-state index in [1.54, 1.807) is 26.4 Å². The Bertz CT molecular complexity index is 1220. The van der Waals surface area contributed by atoms with E-state index < -0.39 is 0 Å². The van der Waals surface area contributed by atoms with Gasteiger partial charge in [-0.1, -0.05) is 53.7 Å². The van der Waals surface area contributed by atoms with Crippen LogP contribution in [0.2, 0.25) is 0 Å². The van der Waals surface area contributed by atoms with Gasteiger partial charge in [-0.05, 0) is 41.8 Å². The van der Waals surface area contributed by atoms with Crippen molar-refractivity contribution in [2.75, 3.05) is 19.5 Å². The van der Waals surface area contributed by atoms with Crippen LogP contribution in [-0.2, 0) is 17.6 Å². The molecule has 7 heteroatoms. The topological polar surface area (TPSA) is 86.5 Å². The summed E-state index contributed by atoms with van der Waals surface area (Å²) < 4.78 is 15.9. The molecule has 1 amide bonds. The highest BCUT2D eigenvalue weighted by molar-refractivity contribution is 5.91. The monoisotopic (exact) mass is 443 g/mol. The highest BCUT2D eigenvalue weighted by Crippen LogP contribution is 2.31. The minimum absolute atomic E-state index is 0.110. The van der Waals surface area contributed by atoms with Gasteiger partial charge in [0, 0.05) is 24.1 Å². The van der Waals surface area contributed by atoms with Crippen molar-refractivity contribution in [2.24, 2.45) is 0 Å². The van der Waals surface area contributed by atoms with Crippen LogP contribution in [-0.4, -0.2) is 30.3 Å². The number of carbonyl (C=O) groups excluding carboxylic acids is 1. The molecule has 1 aromatic heterocycles. The van der Waals surface area contributed by atoms with Crippen molar-refractivity contribution >= 4 is 11.6 Å². The maximum absolute atomic E-state index is 12.6. The van der Waals surface area contributed by atoms with E-state index >= 15 is 0 Å². The zero-order chi connectivity index (χ0) is 23.0. The molecular weight excluding hydrogens is 418 g/mol. The van der Waals surface area contributed by atoms with E-state index in [-0.39, 0.29) is 12.3 Å². The number of aryl methyl sites for hydroxylation is 1. The lowest BCUT2D eigenvalue weighted by molar-refractivity contribution is -0.116. The van der Waals surface area contributed by atoms with Gasteiger partial charge >= 0.3 is 0 Å². The first-order valence-corrected chi connectivity index (χ1v) is 10.6. The van der Waals surface area contributed by atoms with E-state index in [2.05, 4.69) is 27.6 Å². The highest BCUT2D eigenvalue weighted by Gasteiger charge is 2.14. The zero-order valence-electron chi connectivity index (χ0n) is 18.6. The first-order valence-electron chi connectivity index (χ1n) is 10.6. The van der Waals surface area contributed by atoms with E-state index in [4.69, 9.17) is 14.0 Å². The average Bonchev–Trinajstić information content (AvgIpc) is 3.33. The van der Waals surface area contributed by atoms with Gasteiger partial charge in [-0.2, -0.15) is 4.98 Å². The second-order valence-corrected chi connectivity index (χ2v) is 7.45. The summed E-state index contributed by atoms with van der Waals surface area (Å²) in [5.41, 5.74) is 3.79. The fourth-order valence-corrected chi connectivity index (χ4v) is 3.49. The van der Waals surface area contributed by atoms with Crippen LogP contribution in [0.1, 0.15) is 23.4 Å². The fraction of sp³-hybridized carbons (Fsp3) is 0.192. The Morgan fingerprint density at radius 3 is 2.48 bits per heavy atom. The van der Waals surface area contributed by atoms with Gasteiger partial charge in [-0.15, -0.1) is 0 Å². The van der Waals surface area contributed by atoms with E-state index in [1.807, 2.05) is 48.5 Å². The second kappa shape index (κ2) is 10.5. The van der Waals surface area contributed by atoms with Gasteiger partial charge in [0.1, 0.15) is 0 Å². The fourth-order valence-electron chi connectivity index (χ4n) is 3.49. The van der Waals surface area contributed by atoms with Crippen LogP contribution >= 0.6 is 0 Å². The molecule has 1 heterocycles. The number of amides is 1. The maximum Gasteiger partial charge on any atom is 0.227 e. The molecule has 1 N–H and O–H groups in total. The molecule has 0 atom stereocenters. The molecule has 4 aromatic rings. The Labute approximate surface area is 192 Å². The minimum Gasteiger partial charge on any atom is -0.493 e. The van der Waals surface area contributed by atoms with E-state index in [0.717, 1.165) is 23.2 Å². The van der Waals surface area contributed by atoms with Gasteiger partial charge in [-0.3, -0.25) is 4.79 Å². The number of nitrogens with zero attached hydrogens (tertiary/aromatic N) is 2. The molecule has 168 valence electrons. The van der Waals surface area contributed by atoms with Crippen LogP contribution in [0.5, 0.6) is 11.5 Å². The Balaban J connectivity index is 1.37. The summed E-state index contributed by atoms with van der Waals surface area (Å²) in [5.74, 6) is 1.91. The predicted molar refractivity (Wildman–Crippen MR) is 125 cm³/mol. The summed E-state index contributed by atoms with van der Waals surface area (Å²) >= 11 is 0. The molecule has 4 rings (SSSR count). The van der Waals surface area contributed by atoms with E-state index in [1.165, 1.54) is 5.56 Å². The molecule has 0 aliphatic rings. The summed E-state index contributed by atoms with van der Waals surface area (Å²) in [6.07, 6.45) is 1.32. The average molecular weight is 444 g/mol. The number of aromatic nitrogens is 2. The van der Waals surface area contributed by atoms with Crippen LogP contribution in [0, 0.1) is 0 Å². The summed E-state index contributed by atoms with van der Waals surface area (Å²) in [5, 5.41) is 7.03. The molecule has 0 bridgehead atoms. The molecule has 0 spiro atoms. The normalized spacial score (nSPS) is 10.6. The highest BCUT2D eigenvalue weighted by atomic mass is 16.5. The predicted octanol–water partition coefficient (Wildman–Crippen LogP) is 4.92. The Morgan fingerprint density at radius 1 is 0.939 bits per heavy atom. The van der Waals surface area contributed by atoms with Crippen molar-refractivity contribution in [3.8, 4) is 22.9 Å². The number of para-hydroxylation sites is 1. The largest absolute Gasteiger partial charge is 0.493 e. The van der Waals surface area contributed by atoms with Crippen LogP contribution in [0.15, 0.2) is 77.3 Å². The molecule has 7 nitrogen and oxygen atoms in total. The van der Waals surface area contributed by atoms with Crippen LogP contribution in [0.4, 0.5) is 5.69 Å². The van der Waals surface area contributed by atoms with Gasteiger partial charge < -0.3 is 19.3 Å². The number of anilines is 1. The molecule has 3 aromatic carbocycles. The Morgan fingerprint density at radius 2 is 1.70 bits per heavy atom. The number of carbonyl (C=O) groups is 1. The zero-order valence-corrected chi connectivity index (χ0v) is 18.6. The third kappa shape index (κ3) is 5.57. The number of nitrogens with one attached hydrogen (secondary N) is 1. The van der Waals surface area contributed by atoms with Crippen LogP contribution in [0.25, 0.3) is 11.4 Å². The molecule has 0 aliphatic heterocycles. The molecule has 0 unspecified atom stereocenters. The lowest BCUT2D eigenvalue weighted by Gasteiger charge is -2.11. The number of methoxy groups -OCH3 is 2. The van der Waals surface area contributed by atoms with Crippen molar-refractivity contribution < 1.29 is 18.8 Å². The first kappa shape index (κ1) is 22.1. The SMILES string of the molecule is COc1ccc(-c2noc(CCC(=O)Nc3ccccc3Cc3ccccc3)n2)cc1OC. The summed E-state index contributed by atoms with van der Waals surface area (Å²) in [6, 6.07) is 23.4. The summed E-state index contributed by atoms with van der Waals surface area (Å²) in [7, 11) is 3.15. The van der Waals surface area contributed by atoms with Crippen LogP contribution < -0.4 is 14.8 Å². The quantitative estimate of drug-likeness (QED) is 0.395. The number of hydrogen-bond acceptors (Lipinski definition) is 6. The number of ether oxygens (including phenoxy) is 2. The van der Waals surface area contributed by atoms with Crippen LogP contribution in [0.3, 0.4) is 0 Å². The van der Waals surface area contributed by atoms with E-state index in [0.29, 0.717) is 29.6 Å². The number of benzene rings is 3. The number of rotatable bonds is 9. The van der Waals surface area contributed by atoms with E-state index in [9.17, 15) is 4.79 Å². The Hall–Kier alpha value is -4.13. The smallest absolute Gasteiger partial charge is 0.227 e. The molecule has 0 radical (unpaired) electrons. The van der Waals surface area contributed by atoms with Gasteiger partial charge in [0.25, 0.3) is 0 Å². The summed E-state index contributed by atoms with van der Waals surface area (Å²) in [6.45, 7) is 0. The minimum atomic E-state index is -0.110. The van der Waals surface area contributed by atoms with Gasteiger partial charge in [0.15, 0.2) is 11.5 Å². The standard InChI is InChI=1S/C26H25N3O4/c1-31-22-13-12-20(17-23(22)32-2)26-28-25(33-29-26)15-14-24(30)27-21-11-7-6-10-19(21)16-18-8-4-3-5-9-18/h3-13,17H,14-16H2,1-2H3,(H,27,30). The molecule has 0 aliphatic carbocycles. The van der Waals surface area contributed by atoms with Crippen molar-refractivity contribution in [3.63, 3.8) is 0 Å². The third-order valence-electron chi connectivity index (χ3n) is 5.20. The molecular formula is C26H25N3O4. The van der Waals surface area contributed by atoms with Gasteiger partial charge in [0.2, 0.25) is 17.6 Å². The maximum atomic E-state index is 12.6. The third-order valence-corrected chi connectivity index (χ3v) is 5.20. The lowest BCUT2D eigenvalue weighted by Crippen LogP contribution is -2.14. The van der Waals surface area contributed by atoms with Crippen molar-refractivity contribution in [1.82, 2.24) is 10.1 Å². The summed E-state index contributed by atoms with van der Waals surface area (Å²) in [4.78, 5) is 17.0. The van der Waals surface area contributed by atoms with Crippen molar-refractivity contribution in [2.45, 2.75) is 19.3 Å². The Kier molecular flexibility index (Phi) is 6.99. The van der Waals surface area contributed by atoms with Crippen molar-refractivity contribution in [1.29, 1.82) is 0 Å². The molecule has 0 fully saturated rings.